The van der Waals surface area contributed by atoms with E-state index in [1.807, 2.05) is 20.8 Å². The zero-order valence-corrected chi connectivity index (χ0v) is 18.7. The summed E-state index contributed by atoms with van der Waals surface area (Å²) in [6.45, 7) is 8.35. The molecule has 0 saturated carbocycles. The summed E-state index contributed by atoms with van der Waals surface area (Å²) in [5.74, 6) is 0.473. The molecule has 2 saturated heterocycles. The molecule has 4 rings (SSSR count). The van der Waals surface area contributed by atoms with Crippen molar-refractivity contribution in [2.75, 3.05) is 33.4 Å². The second kappa shape index (κ2) is 8.26. The van der Waals surface area contributed by atoms with Gasteiger partial charge in [0.15, 0.2) is 0 Å². The highest BCUT2D eigenvalue weighted by Crippen LogP contribution is 2.41. The van der Waals surface area contributed by atoms with Gasteiger partial charge in [-0.2, -0.15) is 9.97 Å². The number of fused-ring (bicyclic) bond motifs is 2. The van der Waals surface area contributed by atoms with Gasteiger partial charge in [-0.1, -0.05) is 0 Å². The maximum atomic E-state index is 13.1. The van der Waals surface area contributed by atoms with Crippen LogP contribution in [0.4, 0.5) is 9.18 Å². The molecule has 9 heteroatoms. The molecule has 3 aliphatic heterocycles. The van der Waals surface area contributed by atoms with Crippen molar-refractivity contribution in [3.8, 4) is 11.9 Å². The van der Waals surface area contributed by atoms with Crippen molar-refractivity contribution in [3.05, 3.63) is 23.2 Å². The zero-order chi connectivity index (χ0) is 22.2. The predicted molar refractivity (Wildman–Crippen MR) is 112 cm³/mol. The van der Waals surface area contributed by atoms with Crippen molar-refractivity contribution in [2.24, 2.45) is 0 Å². The Morgan fingerprint density at radius 1 is 1.26 bits per heavy atom. The molecule has 0 spiro atoms. The summed E-state index contributed by atoms with van der Waals surface area (Å²) >= 11 is 0. The number of hydrogen-bond donors (Lipinski definition) is 0. The van der Waals surface area contributed by atoms with Gasteiger partial charge in [0.05, 0.1) is 31.2 Å². The number of nitrogens with zero attached hydrogens (tertiary/aromatic N) is 4. The first kappa shape index (κ1) is 21.8. The minimum atomic E-state index is -0.560. The largest absolute Gasteiger partial charge is 0.481 e. The summed E-state index contributed by atoms with van der Waals surface area (Å²) in [5, 5.41) is 0. The highest BCUT2D eigenvalue weighted by molar-refractivity contribution is 5.68. The molecule has 0 aliphatic carbocycles. The quantitative estimate of drug-likeness (QED) is 0.720. The van der Waals surface area contributed by atoms with Gasteiger partial charge >= 0.3 is 12.1 Å². The molecule has 1 atom stereocenters. The minimum Gasteiger partial charge on any atom is -0.481 e. The van der Waals surface area contributed by atoms with Gasteiger partial charge in [-0.25, -0.2) is 9.18 Å². The fraction of sp³-hybridized carbons (Fsp3) is 0.682. The van der Waals surface area contributed by atoms with Crippen LogP contribution in [0.15, 0.2) is 11.9 Å². The van der Waals surface area contributed by atoms with Crippen LogP contribution < -0.4 is 9.47 Å². The van der Waals surface area contributed by atoms with Crippen LogP contribution in [0.1, 0.15) is 51.3 Å². The fourth-order valence-corrected chi connectivity index (χ4v) is 4.74. The number of halogens is 1. The lowest BCUT2D eigenvalue weighted by atomic mass is 9.94. The Balaban J connectivity index is 1.50. The highest BCUT2D eigenvalue weighted by atomic mass is 19.1. The summed E-state index contributed by atoms with van der Waals surface area (Å²) in [6, 6.07) is 0.223. The SMILES string of the molecule is COc1nc(OCC23CCCN2C/C(=C\F)C3)nc2c1CCN(C(=O)OC(C)(C)C)C2. The van der Waals surface area contributed by atoms with E-state index in [1.54, 1.807) is 12.0 Å². The van der Waals surface area contributed by atoms with Crippen LogP contribution in [-0.2, 0) is 17.7 Å². The monoisotopic (exact) mass is 434 g/mol. The molecule has 8 nitrogen and oxygen atoms in total. The number of methoxy groups -OCH3 is 1. The second-order valence-electron chi connectivity index (χ2n) is 9.57. The Kier molecular flexibility index (Phi) is 5.81. The van der Waals surface area contributed by atoms with Gasteiger partial charge in [-0.05, 0) is 58.6 Å². The lowest BCUT2D eigenvalue weighted by molar-refractivity contribution is 0.0218. The standard InChI is InChI=1S/C22H31FN4O4/c1-21(2,3)31-20(28)26-9-6-16-17(13-26)24-19(25-18(16)29-4)30-14-22-7-5-8-27(22)12-15(10-22)11-23/h11H,5-10,12-14H2,1-4H3/b15-11-. The number of ether oxygens (including phenoxy) is 3. The Morgan fingerprint density at radius 2 is 2.06 bits per heavy atom. The molecule has 170 valence electrons. The molecule has 1 aromatic heterocycles. The normalized spacial score (nSPS) is 24.8. The molecule has 31 heavy (non-hydrogen) atoms. The second-order valence-corrected chi connectivity index (χ2v) is 9.57. The number of carbonyl (C=O) groups excluding carboxylic acids is 1. The van der Waals surface area contributed by atoms with Crippen molar-refractivity contribution in [2.45, 2.75) is 64.1 Å². The van der Waals surface area contributed by atoms with Crippen LogP contribution in [0.3, 0.4) is 0 Å². The summed E-state index contributed by atoms with van der Waals surface area (Å²) in [5.41, 5.74) is 1.64. The van der Waals surface area contributed by atoms with Crippen LogP contribution in [0.2, 0.25) is 0 Å². The summed E-state index contributed by atoms with van der Waals surface area (Å²) in [7, 11) is 1.57. The molecule has 1 amide bonds. The lowest BCUT2D eigenvalue weighted by Crippen LogP contribution is -2.43. The maximum absolute atomic E-state index is 13.1. The topological polar surface area (TPSA) is 77.0 Å². The molecule has 2 fully saturated rings. The van der Waals surface area contributed by atoms with E-state index in [1.165, 1.54) is 0 Å². The predicted octanol–water partition coefficient (Wildman–Crippen LogP) is 3.25. The number of hydrogen-bond acceptors (Lipinski definition) is 7. The minimum absolute atomic E-state index is 0.201. The number of amides is 1. The lowest BCUT2D eigenvalue weighted by Gasteiger charge is -2.32. The molecule has 4 heterocycles. The van der Waals surface area contributed by atoms with Crippen molar-refractivity contribution in [1.82, 2.24) is 19.8 Å². The molecule has 0 radical (unpaired) electrons. The van der Waals surface area contributed by atoms with Crippen LogP contribution >= 0.6 is 0 Å². The molecular weight excluding hydrogens is 403 g/mol. The molecule has 0 aromatic carbocycles. The van der Waals surface area contributed by atoms with Crippen LogP contribution in [-0.4, -0.2) is 70.4 Å². The van der Waals surface area contributed by atoms with E-state index in [0.717, 1.165) is 36.9 Å². The average molecular weight is 435 g/mol. The van der Waals surface area contributed by atoms with Crippen molar-refractivity contribution < 1.29 is 23.4 Å². The van der Waals surface area contributed by atoms with Gasteiger partial charge in [0.1, 0.15) is 12.2 Å². The average Bonchev–Trinajstić information content (AvgIpc) is 3.27. The van der Waals surface area contributed by atoms with Crippen LogP contribution in [0.25, 0.3) is 0 Å². The van der Waals surface area contributed by atoms with Gasteiger partial charge in [-0.3, -0.25) is 4.90 Å². The van der Waals surface area contributed by atoms with Crippen molar-refractivity contribution in [1.29, 1.82) is 0 Å². The van der Waals surface area contributed by atoms with E-state index < -0.39 is 5.60 Å². The van der Waals surface area contributed by atoms with Gasteiger partial charge in [-0.15, -0.1) is 0 Å². The first-order chi connectivity index (χ1) is 14.7. The zero-order valence-electron chi connectivity index (χ0n) is 18.7. The molecular formula is C22H31FN4O4. The number of rotatable bonds is 4. The number of carbonyl (C=O) groups is 1. The summed E-state index contributed by atoms with van der Waals surface area (Å²) < 4.78 is 30.1. The molecule has 3 aliphatic rings. The highest BCUT2D eigenvalue weighted by Gasteiger charge is 2.47. The Labute approximate surface area is 182 Å². The molecule has 0 bridgehead atoms. The Morgan fingerprint density at radius 3 is 2.77 bits per heavy atom. The summed E-state index contributed by atoms with van der Waals surface area (Å²) in [4.78, 5) is 25.5. The Bertz CT molecular complexity index is 885. The van der Waals surface area contributed by atoms with Gasteiger partial charge in [0.2, 0.25) is 5.88 Å². The Hall–Kier alpha value is -2.42. The molecule has 1 aromatic rings. The van der Waals surface area contributed by atoms with E-state index in [-0.39, 0.29) is 17.6 Å². The molecule has 0 N–H and O–H groups in total. The van der Waals surface area contributed by atoms with Crippen molar-refractivity contribution in [3.63, 3.8) is 0 Å². The van der Waals surface area contributed by atoms with E-state index in [2.05, 4.69) is 14.9 Å². The van der Waals surface area contributed by atoms with Crippen LogP contribution in [0, 0.1) is 0 Å². The van der Waals surface area contributed by atoms with E-state index in [0.29, 0.717) is 50.7 Å². The first-order valence-corrected chi connectivity index (χ1v) is 10.8. The number of aromatic nitrogens is 2. The van der Waals surface area contributed by atoms with Crippen LogP contribution in [0.5, 0.6) is 11.9 Å². The van der Waals surface area contributed by atoms with Crippen molar-refractivity contribution >= 4 is 6.09 Å². The van der Waals surface area contributed by atoms with E-state index in [9.17, 15) is 9.18 Å². The smallest absolute Gasteiger partial charge is 0.410 e. The fourth-order valence-electron chi connectivity index (χ4n) is 4.74. The molecule has 1 unspecified atom stereocenters. The third-order valence-corrected chi connectivity index (χ3v) is 6.17. The van der Waals surface area contributed by atoms with Gasteiger partial charge < -0.3 is 19.1 Å². The third-order valence-electron chi connectivity index (χ3n) is 6.17. The van der Waals surface area contributed by atoms with E-state index in [4.69, 9.17) is 14.2 Å². The van der Waals surface area contributed by atoms with Gasteiger partial charge in [0, 0.05) is 18.7 Å². The third kappa shape index (κ3) is 4.46. The van der Waals surface area contributed by atoms with Gasteiger partial charge in [0.25, 0.3) is 0 Å². The van der Waals surface area contributed by atoms with E-state index >= 15 is 0 Å². The summed E-state index contributed by atoms with van der Waals surface area (Å²) in [6.07, 6.45) is 3.64. The maximum Gasteiger partial charge on any atom is 0.410 e. The first-order valence-electron chi connectivity index (χ1n) is 10.8.